The zero-order valence-corrected chi connectivity index (χ0v) is 14.6. The van der Waals surface area contributed by atoms with Gasteiger partial charge in [-0.05, 0) is 30.0 Å². The highest BCUT2D eigenvalue weighted by molar-refractivity contribution is 5.39. The molecule has 1 N–H and O–H groups in total. The molecule has 0 saturated heterocycles. The fourth-order valence-electron chi connectivity index (χ4n) is 3.02. The Bertz CT molecular complexity index is 751. The lowest BCUT2D eigenvalue weighted by Gasteiger charge is -2.38. The Morgan fingerprint density at radius 2 is 1.85 bits per heavy atom. The minimum atomic E-state index is -4.91. The van der Waals surface area contributed by atoms with Crippen molar-refractivity contribution in [3.63, 3.8) is 0 Å². The molecular weight excluding hydrogens is 352 g/mol. The van der Waals surface area contributed by atoms with E-state index in [4.69, 9.17) is 4.74 Å². The Hall–Kier alpha value is -2.22. The monoisotopic (exact) mass is 372 g/mol. The summed E-state index contributed by atoms with van der Waals surface area (Å²) < 4.78 is 59.9. The summed E-state index contributed by atoms with van der Waals surface area (Å²) in [7, 11) is 1.35. The molecule has 1 unspecified atom stereocenters. The second kappa shape index (κ2) is 7.19. The van der Waals surface area contributed by atoms with E-state index < -0.39 is 35.9 Å². The van der Waals surface area contributed by atoms with Crippen molar-refractivity contribution < 1.29 is 27.4 Å². The maximum Gasteiger partial charge on any atom is 0.417 e. The van der Waals surface area contributed by atoms with Crippen LogP contribution in [0.25, 0.3) is 0 Å². The van der Waals surface area contributed by atoms with Crippen LogP contribution in [0.3, 0.4) is 0 Å². The van der Waals surface area contributed by atoms with Gasteiger partial charge in [-0.15, -0.1) is 0 Å². The molecule has 0 saturated carbocycles. The van der Waals surface area contributed by atoms with Gasteiger partial charge in [-0.1, -0.05) is 13.8 Å². The van der Waals surface area contributed by atoms with Crippen molar-refractivity contribution in [2.45, 2.75) is 43.9 Å². The van der Waals surface area contributed by atoms with Crippen LogP contribution < -0.4 is 4.74 Å². The molecule has 142 valence electrons. The lowest BCUT2D eigenvalue weighted by Crippen LogP contribution is -2.51. The van der Waals surface area contributed by atoms with Crippen LogP contribution in [0.2, 0.25) is 0 Å². The van der Waals surface area contributed by atoms with Crippen LogP contribution in [0.1, 0.15) is 31.5 Å². The fraction of sp³-hybridized carbons (Fsp3) is 0.444. The molecule has 1 heterocycles. The van der Waals surface area contributed by atoms with Crippen molar-refractivity contribution in [2.75, 3.05) is 7.11 Å². The van der Waals surface area contributed by atoms with E-state index in [2.05, 4.69) is 9.97 Å². The summed E-state index contributed by atoms with van der Waals surface area (Å²) in [6, 6.07) is 3.63. The maximum absolute atomic E-state index is 13.7. The number of alkyl halides is 3. The Labute approximate surface area is 148 Å². The number of nitrogens with zero attached hydrogens (tertiary/aromatic N) is 2. The summed E-state index contributed by atoms with van der Waals surface area (Å²) in [6.07, 6.45) is -2.62. The molecule has 0 aliphatic carbocycles. The molecule has 0 aliphatic heterocycles. The summed E-state index contributed by atoms with van der Waals surface area (Å²) in [5.74, 6) is -0.348. The Morgan fingerprint density at radius 1 is 1.15 bits per heavy atom. The highest BCUT2D eigenvalue weighted by Gasteiger charge is 2.56. The predicted molar refractivity (Wildman–Crippen MR) is 87.3 cm³/mol. The number of ether oxygens (including phenoxy) is 1. The van der Waals surface area contributed by atoms with Crippen molar-refractivity contribution in [3.05, 3.63) is 53.9 Å². The van der Waals surface area contributed by atoms with E-state index in [0.29, 0.717) is 0 Å². The van der Waals surface area contributed by atoms with Crippen molar-refractivity contribution in [3.8, 4) is 5.75 Å². The number of methoxy groups -OCH3 is 1. The van der Waals surface area contributed by atoms with Crippen LogP contribution >= 0.6 is 0 Å². The molecule has 1 atom stereocenters. The molecule has 8 heteroatoms. The standard InChI is InChI=1S/C18H20F4N2O2/c1-16(2,14-8-12(19)4-5-15(14)26-3)11-17(25,18(20,21)22)9-13-10-23-6-7-24-13/h4-8,10,25H,9,11H2,1-3H3. The van der Waals surface area contributed by atoms with Gasteiger partial charge in [0.25, 0.3) is 0 Å². The highest BCUT2D eigenvalue weighted by atomic mass is 19.4. The summed E-state index contributed by atoms with van der Waals surface area (Å²) in [5.41, 5.74) is -4.06. The van der Waals surface area contributed by atoms with E-state index in [1.807, 2.05) is 0 Å². The number of halogens is 4. The van der Waals surface area contributed by atoms with Gasteiger partial charge in [0, 0.05) is 30.6 Å². The van der Waals surface area contributed by atoms with Gasteiger partial charge in [0.2, 0.25) is 0 Å². The molecule has 2 rings (SSSR count). The molecule has 1 aromatic heterocycles. The molecule has 0 spiro atoms. The van der Waals surface area contributed by atoms with Crippen LogP contribution in [0.15, 0.2) is 36.8 Å². The smallest absolute Gasteiger partial charge is 0.417 e. The third-order valence-corrected chi connectivity index (χ3v) is 4.24. The van der Waals surface area contributed by atoms with E-state index in [0.717, 1.165) is 12.1 Å². The highest BCUT2D eigenvalue weighted by Crippen LogP contribution is 2.44. The summed E-state index contributed by atoms with van der Waals surface area (Å²) in [5, 5.41) is 10.5. The molecule has 4 nitrogen and oxygen atoms in total. The van der Waals surface area contributed by atoms with Crippen LogP contribution in [0.4, 0.5) is 17.6 Å². The summed E-state index contributed by atoms with van der Waals surface area (Å²) >= 11 is 0. The van der Waals surface area contributed by atoms with Gasteiger partial charge in [0.05, 0.1) is 12.8 Å². The largest absolute Gasteiger partial charge is 0.496 e. The van der Waals surface area contributed by atoms with Gasteiger partial charge in [-0.2, -0.15) is 13.2 Å². The SMILES string of the molecule is COc1ccc(F)cc1C(C)(C)CC(O)(Cc1cnccn1)C(F)(F)F. The number of rotatable bonds is 6. The average Bonchev–Trinajstić information content (AvgIpc) is 2.54. The number of hydrogen-bond acceptors (Lipinski definition) is 4. The molecular formula is C18H20F4N2O2. The van der Waals surface area contributed by atoms with Gasteiger partial charge in [-0.25, -0.2) is 4.39 Å². The first-order valence-electron chi connectivity index (χ1n) is 7.86. The Balaban J connectivity index is 2.43. The first kappa shape index (κ1) is 20.1. The van der Waals surface area contributed by atoms with Crippen molar-refractivity contribution >= 4 is 0 Å². The van der Waals surface area contributed by atoms with Gasteiger partial charge in [0.15, 0.2) is 5.60 Å². The zero-order valence-electron chi connectivity index (χ0n) is 14.6. The first-order valence-corrected chi connectivity index (χ1v) is 7.86. The molecule has 0 fully saturated rings. The summed E-state index contributed by atoms with van der Waals surface area (Å²) in [6.45, 7) is 3.00. The first-order chi connectivity index (χ1) is 12.0. The second-order valence-corrected chi connectivity index (χ2v) is 6.81. The topological polar surface area (TPSA) is 55.2 Å². The number of hydrogen-bond donors (Lipinski definition) is 1. The van der Waals surface area contributed by atoms with Gasteiger partial charge in [0.1, 0.15) is 11.6 Å². The Morgan fingerprint density at radius 3 is 2.38 bits per heavy atom. The van der Waals surface area contributed by atoms with Crippen LogP contribution in [-0.4, -0.2) is 34.0 Å². The van der Waals surface area contributed by atoms with Crippen molar-refractivity contribution in [1.82, 2.24) is 9.97 Å². The van der Waals surface area contributed by atoms with Gasteiger partial charge < -0.3 is 9.84 Å². The lowest BCUT2D eigenvalue weighted by atomic mass is 9.73. The molecule has 0 bridgehead atoms. The third kappa shape index (κ3) is 4.30. The molecule has 0 radical (unpaired) electrons. The number of aromatic nitrogens is 2. The summed E-state index contributed by atoms with van der Waals surface area (Å²) in [4.78, 5) is 7.55. The molecule has 2 aromatic rings. The maximum atomic E-state index is 13.7. The van der Waals surface area contributed by atoms with E-state index in [9.17, 15) is 22.7 Å². The van der Waals surface area contributed by atoms with Crippen molar-refractivity contribution in [1.29, 1.82) is 0 Å². The van der Waals surface area contributed by atoms with E-state index in [-0.39, 0.29) is 17.0 Å². The third-order valence-electron chi connectivity index (χ3n) is 4.24. The van der Waals surface area contributed by atoms with Crippen LogP contribution in [-0.2, 0) is 11.8 Å². The average molecular weight is 372 g/mol. The van der Waals surface area contributed by atoms with Crippen LogP contribution in [0.5, 0.6) is 5.75 Å². The van der Waals surface area contributed by atoms with E-state index in [1.165, 1.54) is 45.6 Å². The Kier molecular flexibility index (Phi) is 5.55. The number of aliphatic hydroxyl groups is 1. The van der Waals surface area contributed by atoms with Crippen molar-refractivity contribution in [2.24, 2.45) is 0 Å². The molecule has 1 aromatic carbocycles. The zero-order chi connectivity index (χ0) is 19.6. The van der Waals surface area contributed by atoms with E-state index in [1.54, 1.807) is 0 Å². The molecule has 0 aliphatic rings. The quantitative estimate of drug-likeness (QED) is 0.783. The normalized spacial score (nSPS) is 14.8. The molecule has 0 amide bonds. The minimum absolute atomic E-state index is 0.00864. The predicted octanol–water partition coefficient (Wildman–Crippen LogP) is 3.83. The minimum Gasteiger partial charge on any atom is -0.496 e. The van der Waals surface area contributed by atoms with Gasteiger partial charge in [-0.3, -0.25) is 9.97 Å². The lowest BCUT2D eigenvalue weighted by molar-refractivity contribution is -0.266. The molecule has 26 heavy (non-hydrogen) atoms. The van der Waals surface area contributed by atoms with Gasteiger partial charge >= 0.3 is 6.18 Å². The second-order valence-electron chi connectivity index (χ2n) is 6.81. The van der Waals surface area contributed by atoms with Crippen LogP contribution in [0, 0.1) is 5.82 Å². The van der Waals surface area contributed by atoms with E-state index >= 15 is 0 Å². The fourth-order valence-corrected chi connectivity index (χ4v) is 3.02. The number of benzene rings is 1.